The van der Waals surface area contributed by atoms with Gasteiger partial charge in [0.1, 0.15) is 18.8 Å². The SMILES string of the molecule is CC/C=C\C/C=C\C/C=C\C/C=C\C/C=C\CCCCCC(=O)OC1C(OCC(COC(=O)CCCCCCCCCCC/C=C\CCCCCCCC)OC(=O)CCC/C=C\C/C=C\C/C=C\C/C=C\C/C=C\CC)OC(C(=O)O)C(O)C1O. The number of rotatable bonds is 55. The fraction of sp³-hybridized carbons (Fsp3) is 0.644. The molecule has 12 heteroatoms. The van der Waals surface area contributed by atoms with Gasteiger partial charge in [-0.3, -0.25) is 14.4 Å². The van der Waals surface area contributed by atoms with Crippen LogP contribution in [0.4, 0.5) is 0 Å². The lowest BCUT2D eigenvalue weighted by molar-refractivity contribution is -0.301. The van der Waals surface area contributed by atoms with E-state index in [0.29, 0.717) is 25.7 Å². The van der Waals surface area contributed by atoms with Gasteiger partial charge in [0, 0.05) is 19.3 Å². The van der Waals surface area contributed by atoms with E-state index >= 15 is 0 Å². The summed E-state index contributed by atoms with van der Waals surface area (Å²) in [7, 11) is 0. The van der Waals surface area contributed by atoms with E-state index in [4.69, 9.17) is 23.7 Å². The van der Waals surface area contributed by atoms with Crippen LogP contribution in [0.3, 0.4) is 0 Å². The van der Waals surface area contributed by atoms with Crippen LogP contribution in [-0.2, 0) is 42.9 Å². The molecule has 0 spiro atoms. The third-order valence-electron chi connectivity index (χ3n) is 14.2. The molecule has 6 atom stereocenters. The minimum Gasteiger partial charge on any atom is -0.479 e. The average Bonchev–Trinajstić information content (AvgIpc) is 2.79. The second-order valence-electron chi connectivity index (χ2n) is 22.0. The van der Waals surface area contributed by atoms with E-state index in [-0.39, 0.29) is 25.9 Å². The summed E-state index contributed by atoms with van der Waals surface area (Å²) in [5.74, 6) is -3.26. The minimum atomic E-state index is -1.93. The van der Waals surface area contributed by atoms with E-state index in [1.807, 2.05) is 12.2 Å². The summed E-state index contributed by atoms with van der Waals surface area (Å²) in [4.78, 5) is 51.4. The number of ether oxygens (including phenoxy) is 5. The first-order valence-corrected chi connectivity index (χ1v) is 33.2. The van der Waals surface area contributed by atoms with Gasteiger partial charge in [0.15, 0.2) is 24.6 Å². The van der Waals surface area contributed by atoms with Crippen molar-refractivity contribution in [3.05, 3.63) is 134 Å². The Hall–Kier alpha value is -5.14. The van der Waals surface area contributed by atoms with Crippen LogP contribution in [0, 0.1) is 0 Å². The molecule has 1 heterocycles. The predicted octanol–water partition coefficient (Wildman–Crippen LogP) is 18.1. The Bertz CT molecular complexity index is 1990. The molecular weight excluding hydrogens is 1070 g/mol. The highest BCUT2D eigenvalue weighted by Crippen LogP contribution is 2.26. The van der Waals surface area contributed by atoms with Gasteiger partial charge in [0.25, 0.3) is 0 Å². The number of unbranched alkanes of at least 4 members (excludes halogenated alkanes) is 19. The first-order valence-electron chi connectivity index (χ1n) is 33.2. The van der Waals surface area contributed by atoms with Crippen LogP contribution >= 0.6 is 0 Å². The van der Waals surface area contributed by atoms with Crippen LogP contribution in [0.1, 0.15) is 252 Å². The quantitative estimate of drug-likeness (QED) is 0.0228. The van der Waals surface area contributed by atoms with E-state index in [0.717, 1.165) is 103 Å². The first-order chi connectivity index (χ1) is 41.6. The number of hydrogen-bond donors (Lipinski definition) is 3. The Morgan fingerprint density at radius 1 is 0.400 bits per heavy atom. The molecular formula is C73H116O12. The van der Waals surface area contributed by atoms with Crippen molar-refractivity contribution >= 4 is 23.9 Å². The van der Waals surface area contributed by atoms with E-state index in [2.05, 4.69) is 142 Å². The highest BCUT2D eigenvalue weighted by atomic mass is 16.7. The highest BCUT2D eigenvalue weighted by molar-refractivity contribution is 5.74. The number of carbonyl (C=O) groups is 4. The van der Waals surface area contributed by atoms with Gasteiger partial charge in [-0.25, -0.2) is 4.79 Å². The van der Waals surface area contributed by atoms with Gasteiger partial charge in [-0.05, 0) is 128 Å². The normalized spacial score (nSPS) is 18.3. The molecule has 1 saturated heterocycles. The summed E-state index contributed by atoms with van der Waals surface area (Å²) in [5.41, 5.74) is 0. The molecule has 0 radical (unpaired) electrons. The van der Waals surface area contributed by atoms with Crippen molar-refractivity contribution in [3.8, 4) is 0 Å². The number of aliphatic hydroxyl groups excluding tert-OH is 2. The predicted molar refractivity (Wildman–Crippen MR) is 349 cm³/mol. The summed E-state index contributed by atoms with van der Waals surface area (Å²) in [6.45, 7) is 5.72. The molecule has 12 nitrogen and oxygen atoms in total. The lowest BCUT2D eigenvalue weighted by Crippen LogP contribution is -2.61. The summed E-state index contributed by atoms with van der Waals surface area (Å²) in [5, 5.41) is 31.6. The first kappa shape index (κ1) is 77.9. The molecule has 1 aliphatic heterocycles. The Kier molecular flexibility index (Phi) is 54.2. The molecule has 0 aliphatic carbocycles. The lowest BCUT2D eigenvalue weighted by atomic mass is 9.98. The van der Waals surface area contributed by atoms with Gasteiger partial charge in [0.2, 0.25) is 0 Å². The Morgan fingerprint density at radius 2 is 0.753 bits per heavy atom. The van der Waals surface area contributed by atoms with Gasteiger partial charge in [0.05, 0.1) is 6.61 Å². The Labute approximate surface area is 515 Å². The van der Waals surface area contributed by atoms with Gasteiger partial charge in [-0.15, -0.1) is 0 Å². The zero-order valence-corrected chi connectivity index (χ0v) is 53.1. The van der Waals surface area contributed by atoms with E-state index in [9.17, 15) is 34.5 Å². The van der Waals surface area contributed by atoms with E-state index in [1.54, 1.807) is 0 Å². The monoisotopic (exact) mass is 1180 g/mol. The van der Waals surface area contributed by atoms with Crippen LogP contribution in [0.2, 0.25) is 0 Å². The van der Waals surface area contributed by atoms with Crippen LogP contribution < -0.4 is 0 Å². The number of allylic oxidation sites excluding steroid dienone is 22. The fourth-order valence-electron chi connectivity index (χ4n) is 9.19. The summed E-state index contributed by atoms with van der Waals surface area (Å²) < 4.78 is 28.5. The maximum absolute atomic E-state index is 13.2. The average molecular weight is 1190 g/mol. The zero-order chi connectivity index (χ0) is 61.7. The summed E-state index contributed by atoms with van der Waals surface area (Å²) >= 11 is 0. The van der Waals surface area contributed by atoms with Crippen molar-refractivity contribution in [1.82, 2.24) is 0 Å². The van der Waals surface area contributed by atoms with Crippen molar-refractivity contribution in [2.45, 2.75) is 289 Å². The summed E-state index contributed by atoms with van der Waals surface area (Å²) in [6.07, 6.45) is 71.3. The molecule has 0 aromatic carbocycles. The van der Waals surface area contributed by atoms with Gasteiger partial charge in [-0.2, -0.15) is 0 Å². The highest BCUT2D eigenvalue weighted by Gasteiger charge is 2.50. The molecule has 0 aromatic rings. The number of hydrogen-bond acceptors (Lipinski definition) is 11. The largest absolute Gasteiger partial charge is 0.479 e. The number of aliphatic hydroxyl groups is 2. The Morgan fingerprint density at radius 3 is 1.19 bits per heavy atom. The zero-order valence-electron chi connectivity index (χ0n) is 53.1. The third kappa shape index (κ3) is 48.6. The second kappa shape index (κ2) is 59.2. The Balaban J connectivity index is 2.72. The summed E-state index contributed by atoms with van der Waals surface area (Å²) in [6, 6.07) is 0. The third-order valence-corrected chi connectivity index (χ3v) is 14.2. The van der Waals surface area contributed by atoms with Crippen LogP contribution in [-0.4, -0.2) is 89.2 Å². The molecule has 6 unspecified atom stereocenters. The molecule has 1 rings (SSSR count). The number of carbonyl (C=O) groups excluding carboxylic acids is 3. The van der Waals surface area contributed by atoms with Crippen molar-refractivity contribution in [3.63, 3.8) is 0 Å². The van der Waals surface area contributed by atoms with E-state index in [1.165, 1.54) is 83.5 Å². The van der Waals surface area contributed by atoms with Crippen LogP contribution in [0.15, 0.2) is 134 Å². The van der Waals surface area contributed by atoms with E-state index < -0.39 is 67.3 Å². The van der Waals surface area contributed by atoms with Crippen molar-refractivity contribution in [2.75, 3.05) is 13.2 Å². The number of aliphatic carboxylic acids is 1. The molecule has 3 N–H and O–H groups in total. The maximum atomic E-state index is 13.2. The molecule has 1 fully saturated rings. The molecule has 480 valence electrons. The second-order valence-corrected chi connectivity index (χ2v) is 22.0. The number of carboxylic acids is 1. The standard InChI is InChI=1S/C73H116O12/c1-4-7-10-13-16-19-22-25-28-31-33-36-38-41-44-47-50-53-56-59-65(74)81-62-64(83-66(75)60-57-54-51-48-45-42-39-35-30-27-24-21-18-15-12-9-6-3)63-82-73-71(69(78)68(77)70(85-73)72(79)80)84-67(76)61-58-55-52-49-46-43-40-37-34-32-29-26-23-20-17-14-11-8-5-2/h8-9,11-12,17-18,20-21,25-30,34,37,39,42-43,46,48,51,64,68-71,73,77-78H,4-7,10,13-16,19,22-24,31-33,35-36,38,40-41,44-45,47,49-50,52-63H2,1-3H3,(H,79,80)/b11-8-,12-9-,20-17-,21-18-,28-25-,29-26-,30-27-,37-34-,42-39-,46-43-,51-48-. The fourth-order valence-corrected chi connectivity index (χ4v) is 9.19. The molecule has 0 bridgehead atoms. The molecule has 1 aliphatic rings. The molecule has 0 saturated carbocycles. The van der Waals surface area contributed by atoms with Crippen LogP contribution in [0.5, 0.6) is 0 Å². The van der Waals surface area contributed by atoms with Gasteiger partial charge in [-0.1, -0.05) is 238 Å². The number of esters is 3. The molecule has 0 amide bonds. The van der Waals surface area contributed by atoms with Crippen molar-refractivity contribution in [2.24, 2.45) is 0 Å². The van der Waals surface area contributed by atoms with Crippen LogP contribution in [0.25, 0.3) is 0 Å². The lowest BCUT2D eigenvalue weighted by Gasteiger charge is -2.40. The van der Waals surface area contributed by atoms with Crippen molar-refractivity contribution < 1.29 is 58.2 Å². The topological polar surface area (TPSA) is 175 Å². The van der Waals surface area contributed by atoms with Gasteiger partial charge >= 0.3 is 23.9 Å². The van der Waals surface area contributed by atoms with Gasteiger partial charge < -0.3 is 39.0 Å². The van der Waals surface area contributed by atoms with Crippen molar-refractivity contribution in [1.29, 1.82) is 0 Å². The maximum Gasteiger partial charge on any atom is 0.335 e. The number of carboxylic acid groups (broad SMARTS) is 1. The minimum absolute atomic E-state index is 0.00749. The smallest absolute Gasteiger partial charge is 0.335 e. The molecule has 0 aromatic heterocycles. The molecule has 85 heavy (non-hydrogen) atoms.